The van der Waals surface area contributed by atoms with Crippen molar-refractivity contribution in [1.82, 2.24) is 4.98 Å². The fourth-order valence-electron chi connectivity index (χ4n) is 2.42. The van der Waals surface area contributed by atoms with Gasteiger partial charge in [-0.05, 0) is 42.7 Å². The van der Waals surface area contributed by atoms with Crippen LogP contribution in [0.4, 0.5) is 5.69 Å². The molecule has 3 N–H and O–H groups in total. The molecule has 2 aromatic rings. The third-order valence-corrected chi connectivity index (χ3v) is 3.91. The first-order chi connectivity index (χ1) is 11.6. The van der Waals surface area contributed by atoms with Gasteiger partial charge in [-0.3, -0.25) is 4.79 Å². The lowest BCUT2D eigenvalue weighted by atomic mass is 10.1. The van der Waals surface area contributed by atoms with Crippen molar-refractivity contribution in [3.8, 4) is 0 Å². The highest BCUT2D eigenvalue weighted by molar-refractivity contribution is 6.29. The lowest BCUT2D eigenvalue weighted by Gasteiger charge is -2.08. The van der Waals surface area contributed by atoms with Gasteiger partial charge in [0.15, 0.2) is 0 Å². The Bertz CT molecular complexity index is 761. The summed E-state index contributed by atoms with van der Waals surface area (Å²) in [5, 5.41) is 3.12. The lowest BCUT2D eigenvalue weighted by molar-refractivity contribution is 0.102. The van der Waals surface area contributed by atoms with Crippen molar-refractivity contribution in [2.24, 2.45) is 10.7 Å². The van der Waals surface area contributed by atoms with Gasteiger partial charge in [0, 0.05) is 17.4 Å². The standard InChI is InChI=1S/C17H17ClN4O2/c18-15-9-12(7-8-20-15)16(23)21-13-4-1-11(2-5-13)3-6-14-10-24-17(19)22-14/h1-2,4-5,7-9,14H,3,6,10H2,(H2,19,22)(H,21,23)/t14-/m0/s1. The number of hydrogen-bond acceptors (Lipinski definition) is 5. The zero-order valence-corrected chi connectivity index (χ0v) is 13.7. The second kappa shape index (κ2) is 7.31. The minimum absolute atomic E-state index is 0.126. The highest BCUT2D eigenvalue weighted by atomic mass is 35.5. The molecule has 0 radical (unpaired) electrons. The van der Waals surface area contributed by atoms with E-state index in [0.717, 1.165) is 18.5 Å². The summed E-state index contributed by atoms with van der Waals surface area (Å²) >= 11 is 5.79. The minimum atomic E-state index is -0.222. The van der Waals surface area contributed by atoms with Gasteiger partial charge in [0.2, 0.25) is 0 Å². The zero-order valence-electron chi connectivity index (χ0n) is 12.9. The number of hydrogen-bond donors (Lipinski definition) is 2. The number of rotatable bonds is 5. The molecule has 1 aliphatic heterocycles. The molecule has 2 heterocycles. The highest BCUT2D eigenvalue weighted by Gasteiger charge is 2.16. The van der Waals surface area contributed by atoms with Gasteiger partial charge < -0.3 is 15.8 Å². The van der Waals surface area contributed by atoms with Gasteiger partial charge in [-0.1, -0.05) is 23.7 Å². The van der Waals surface area contributed by atoms with Crippen molar-refractivity contribution >= 4 is 29.2 Å². The lowest BCUT2D eigenvalue weighted by Crippen LogP contribution is -2.12. The number of amides is 1. The van der Waals surface area contributed by atoms with Gasteiger partial charge in [0.25, 0.3) is 11.9 Å². The van der Waals surface area contributed by atoms with E-state index in [1.807, 2.05) is 24.3 Å². The Balaban J connectivity index is 1.55. The number of benzene rings is 1. The first-order valence-electron chi connectivity index (χ1n) is 7.58. The molecule has 0 fully saturated rings. The molecule has 3 rings (SSSR count). The summed E-state index contributed by atoms with van der Waals surface area (Å²) in [6.07, 6.45) is 3.25. The van der Waals surface area contributed by atoms with E-state index in [9.17, 15) is 4.79 Å². The van der Waals surface area contributed by atoms with E-state index in [1.165, 1.54) is 17.8 Å². The number of halogens is 1. The Morgan fingerprint density at radius 2 is 2.12 bits per heavy atom. The van der Waals surface area contributed by atoms with E-state index in [4.69, 9.17) is 22.1 Å². The van der Waals surface area contributed by atoms with Gasteiger partial charge in [0.1, 0.15) is 11.8 Å². The SMILES string of the molecule is NC1=N[C@@H](CCc2ccc(NC(=O)c3ccnc(Cl)c3)cc2)CO1. The predicted octanol–water partition coefficient (Wildman–Crippen LogP) is 2.63. The molecule has 0 unspecified atom stereocenters. The second-order valence-electron chi connectivity index (χ2n) is 5.49. The van der Waals surface area contributed by atoms with Crippen LogP contribution in [-0.2, 0) is 11.2 Å². The maximum atomic E-state index is 12.1. The number of carbonyl (C=O) groups is 1. The molecular weight excluding hydrogens is 328 g/mol. The monoisotopic (exact) mass is 344 g/mol. The number of anilines is 1. The number of amidine groups is 1. The fraction of sp³-hybridized carbons (Fsp3) is 0.235. The Kier molecular flexibility index (Phi) is 4.96. The number of carbonyl (C=O) groups excluding carboxylic acids is 1. The maximum Gasteiger partial charge on any atom is 0.282 e. The first-order valence-corrected chi connectivity index (χ1v) is 7.96. The number of ether oxygens (including phenoxy) is 1. The number of nitrogens with zero attached hydrogens (tertiary/aromatic N) is 2. The predicted molar refractivity (Wildman–Crippen MR) is 93.3 cm³/mol. The number of nitrogens with one attached hydrogen (secondary N) is 1. The molecule has 124 valence electrons. The molecule has 1 atom stereocenters. The Morgan fingerprint density at radius 3 is 2.79 bits per heavy atom. The third kappa shape index (κ3) is 4.23. The molecular formula is C17H17ClN4O2. The molecule has 1 aliphatic rings. The van der Waals surface area contributed by atoms with Crippen molar-refractivity contribution in [2.45, 2.75) is 18.9 Å². The van der Waals surface area contributed by atoms with Crippen LogP contribution in [-0.4, -0.2) is 29.6 Å². The Labute approximate surface area is 144 Å². The smallest absolute Gasteiger partial charge is 0.282 e. The molecule has 0 saturated carbocycles. The Hall–Kier alpha value is -2.60. The summed E-state index contributed by atoms with van der Waals surface area (Å²) in [5.74, 6) is -0.222. The van der Waals surface area contributed by atoms with Crippen LogP contribution < -0.4 is 11.1 Å². The summed E-state index contributed by atoms with van der Waals surface area (Å²) in [6.45, 7) is 0.550. The average Bonchev–Trinajstić information content (AvgIpc) is 3.00. The third-order valence-electron chi connectivity index (χ3n) is 3.70. The normalized spacial score (nSPS) is 16.4. The average molecular weight is 345 g/mol. The van der Waals surface area contributed by atoms with Crippen molar-refractivity contribution < 1.29 is 9.53 Å². The number of aromatic nitrogens is 1. The summed E-state index contributed by atoms with van der Waals surface area (Å²) < 4.78 is 5.13. The van der Waals surface area contributed by atoms with Crippen LogP contribution in [0.3, 0.4) is 0 Å². The number of aliphatic imine (C=N–C) groups is 1. The van der Waals surface area contributed by atoms with Crippen molar-refractivity contribution in [1.29, 1.82) is 0 Å². The first kappa shape index (κ1) is 16.3. The van der Waals surface area contributed by atoms with Gasteiger partial charge in [-0.15, -0.1) is 0 Å². The van der Waals surface area contributed by atoms with Gasteiger partial charge in [-0.2, -0.15) is 0 Å². The van der Waals surface area contributed by atoms with Crippen LogP contribution in [0.15, 0.2) is 47.6 Å². The molecule has 1 amide bonds. The number of nitrogens with two attached hydrogens (primary N) is 1. The molecule has 6 nitrogen and oxygen atoms in total. The Morgan fingerprint density at radius 1 is 1.33 bits per heavy atom. The summed E-state index contributed by atoms with van der Waals surface area (Å²) in [7, 11) is 0. The largest absolute Gasteiger partial charge is 0.463 e. The molecule has 0 spiro atoms. The van der Waals surface area contributed by atoms with E-state index in [1.54, 1.807) is 6.07 Å². The highest BCUT2D eigenvalue weighted by Crippen LogP contribution is 2.16. The van der Waals surface area contributed by atoms with E-state index in [2.05, 4.69) is 15.3 Å². The molecule has 1 aromatic heterocycles. The number of aryl methyl sites for hydroxylation is 1. The molecule has 0 bridgehead atoms. The van der Waals surface area contributed by atoms with Crippen LogP contribution >= 0.6 is 11.6 Å². The molecule has 0 aliphatic carbocycles. The second-order valence-corrected chi connectivity index (χ2v) is 5.88. The maximum absolute atomic E-state index is 12.1. The minimum Gasteiger partial charge on any atom is -0.463 e. The van der Waals surface area contributed by atoms with E-state index in [-0.39, 0.29) is 23.1 Å². The summed E-state index contributed by atoms with van der Waals surface area (Å²) in [5.41, 5.74) is 7.85. The van der Waals surface area contributed by atoms with Gasteiger partial charge >= 0.3 is 0 Å². The van der Waals surface area contributed by atoms with Crippen LogP contribution in [0.2, 0.25) is 5.15 Å². The fourth-order valence-corrected chi connectivity index (χ4v) is 2.59. The molecule has 0 saturated heterocycles. The number of pyridine rings is 1. The molecule has 24 heavy (non-hydrogen) atoms. The van der Waals surface area contributed by atoms with Gasteiger partial charge in [-0.25, -0.2) is 9.98 Å². The summed E-state index contributed by atoms with van der Waals surface area (Å²) in [6, 6.07) is 11.3. The van der Waals surface area contributed by atoms with Crippen LogP contribution in [0.5, 0.6) is 0 Å². The van der Waals surface area contributed by atoms with Crippen LogP contribution in [0.25, 0.3) is 0 Å². The quantitative estimate of drug-likeness (QED) is 0.816. The van der Waals surface area contributed by atoms with E-state index >= 15 is 0 Å². The zero-order chi connectivity index (χ0) is 16.9. The van der Waals surface area contributed by atoms with Crippen molar-refractivity contribution in [3.63, 3.8) is 0 Å². The molecule has 7 heteroatoms. The van der Waals surface area contributed by atoms with Gasteiger partial charge in [0.05, 0.1) is 6.04 Å². The molecule has 1 aromatic carbocycles. The van der Waals surface area contributed by atoms with Crippen LogP contribution in [0, 0.1) is 0 Å². The van der Waals surface area contributed by atoms with E-state index < -0.39 is 0 Å². The topological polar surface area (TPSA) is 89.6 Å². The van der Waals surface area contributed by atoms with E-state index in [0.29, 0.717) is 12.2 Å². The van der Waals surface area contributed by atoms with Crippen molar-refractivity contribution in [3.05, 3.63) is 58.9 Å². The summed E-state index contributed by atoms with van der Waals surface area (Å²) in [4.78, 5) is 20.2. The van der Waals surface area contributed by atoms with Crippen molar-refractivity contribution in [2.75, 3.05) is 11.9 Å². The van der Waals surface area contributed by atoms with Crippen LogP contribution in [0.1, 0.15) is 22.3 Å².